The van der Waals surface area contributed by atoms with Gasteiger partial charge < -0.3 is 5.32 Å². The van der Waals surface area contributed by atoms with Crippen molar-refractivity contribution in [3.63, 3.8) is 0 Å². The number of hydrogen-bond acceptors (Lipinski definition) is 2. The number of nitrogens with one attached hydrogen (secondary N) is 1. The van der Waals surface area contributed by atoms with Crippen molar-refractivity contribution in [1.82, 2.24) is 5.32 Å². The van der Waals surface area contributed by atoms with Gasteiger partial charge in [-0.15, -0.1) is 0 Å². The van der Waals surface area contributed by atoms with E-state index in [0.29, 0.717) is 6.54 Å². The van der Waals surface area contributed by atoms with Gasteiger partial charge in [-0.3, -0.25) is 4.79 Å². The third-order valence-corrected chi connectivity index (χ3v) is 1.68. The van der Waals surface area contributed by atoms with Crippen LogP contribution in [0.25, 0.3) is 0 Å². The molecule has 0 unspecified atom stereocenters. The second-order valence-corrected chi connectivity index (χ2v) is 2.82. The van der Waals surface area contributed by atoms with Gasteiger partial charge in [0.05, 0.1) is 0 Å². The van der Waals surface area contributed by atoms with E-state index in [-0.39, 0.29) is 28.3 Å². The molecular weight excluding hydrogens is 290 g/mol. The maximum Gasteiger partial charge on any atom is 0.244 e. The number of carbonyl (C=O) groups excluding carboxylic acids is 1. The van der Waals surface area contributed by atoms with Crippen LogP contribution in [0.4, 0.5) is 0 Å². The number of rotatable bonds is 3. The van der Waals surface area contributed by atoms with E-state index in [2.05, 4.69) is 17.9 Å². The van der Waals surface area contributed by atoms with Crippen LogP contribution in [0.15, 0.2) is 41.8 Å². The molecule has 0 spiro atoms. The predicted octanol–water partition coefficient (Wildman–Crippen LogP) is 1.74. The first-order valence-electron chi connectivity index (χ1n) is 3.95. The topological polar surface area (TPSA) is 29.1 Å². The molecule has 14 heavy (non-hydrogen) atoms. The van der Waals surface area contributed by atoms with E-state index in [9.17, 15) is 4.79 Å². The van der Waals surface area contributed by atoms with Gasteiger partial charge in [0.2, 0.25) is 5.91 Å². The molecular formula is C10H11AgNOS. The molecule has 0 aliphatic heterocycles. The molecule has 1 N–H and O–H groups in total. The molecule has 1 aromatic carbocycles. The molecule has 1 rings (SSSR count). The number of benzene rings is 1. The van der Waals surface area contributed by atoms with Crippen LogP contribution in [-0.4, -0.2) is 5.91 Å². The molecule has 0 fully saturated rings. The number of hydrogen-bond donors (Lipinski definition) is 2. The smallest absolute Gasteiger partial charge is 0.244 e. The van der Waals surface area contributed by atoms with Gasteiger partial charge in [0.25, 0.3) is 0 Å². The maximum absolute atomic E-state index is 11.0. The van der Waals surface area contributed by atoms with Crippen molar-refractivity contribution in [2.24, 2.45) is 0 Å². The average molecular weight is 301 g/mol. The molecule has 0 aromatic heterocycles. The average Bonchev–Trinajstić information content (AvgIpc) is 2.17. The van der Waals surface area contributed by atoms with Crippen LogP contribution in [0, 0.1) is 0 Å². The fraction of sp³-hybridized carbons (Fsp3) is 0.100. The van der Waals surface area contributed by atoms with Gasteiger partial charge in [0.15, 0.2) is 0 Å². The van der Waals surface area contributed by atoms with Gasteiger partial charge in [-0.2, -0.15) is 12.6 Å². The summed E-state index contributed by atoms with van der Waals surface area (Å²) >= 11 is 3.80. The van der Waals surface area contributed by atoms with E-state index in [1.165, 1.54) is 11.5 Å². The van der Waals surface area contributed by atoms with E-state index in [0.717, 1.165) is 5.56 Å². The van der Waals surface area contributed by atoms with Crippen LogP contribution in [0.3, 0.4) is 0 Å². The van der Waals surface area contributed by atoms with Crippen LogP contribution in [0.2, 0.25) is 0 Å². The Labute approximate surface area is 105 Å². The summed E-state index contributed by atoms with van der Waals surface area (Å²) in [7, 11) is 0. The first kappa shape index (κ1) is 13.5. The number of carbonyl (C=O) groups is 1. The summed E-state index contributed by atoms with van der Waals surface area (Å²) in [5, 5.41) is 4.14. The molecule has 0 saturated heterocycles. The third kappa shape index (κ3) is 5.29. The summed E-state index contributed by atoms with van der Waals surface area (Å²) < 4.78 is 0. The fourth-order valence-corrected chi connectivity index (χ4v) is 1.05. The SMILES string of the molecule is O=C(C=CS)NCc1ccccc1.[Ag]. The van der Waals surface area contributed by atoms with Crippen LogP contribution >= 0.6 is 12.6 Å². The zero-order valence-electron chi connectivity index (χ0n) is 7.41. The minimum atomic E-state index is -0.126. The minimum Gasteiger partial charge on any atom is -0.348 e. The second-order valence-electron chi connectivity index (χ2n) is 2.52. The summed E-state index contributed by atoms with van der Waals surface area (Å²) in [6.07, 6.45) is 1.38. The Bertz CT molecular complexity index is 300. The Kier molecular flexibility index (Phi) is 7.61. The van der Waals surface area contributed by atoms with E-state index in [1.807, 2.05) is 30.3 Å². The molecule has 79 valence electrons. The fourth-order valence-electron chi connectivity index (χ4n) is 0.912. The van der Waals surface area contributed by atoms with Crippen molar-refractivity contribution in [3.8, 4) is 0 Å². The van der Waals surface area contributed by atoms with Gasteiger partial charge in [0, 0.05) is 35.0 Å². The molecule has 0 saturated carbocycles. The Balaban J connectivity index is 0.00000169. The van der Waals surface area contributed by atoms with E-state index in [4.69, 9.17) is 0 Å². The first-order valence-corrected chi connectivity index (χ1v) is 4.47. The number of thiol groups is 1. The normalized spacial score (nSPS) is 9.50. The quantitative estimate of drug-likeness (QED) is 0.497. The molecule has 4 heteroatoms. The summed E-state index contributed by atoms with van der Waals surface area (Å²) in [6.45, 7) is 0.553. The van der Waals surface area contributed by atoms with E-state index in [1.54, 1.807) is 0 Å². The van der Waals surface area contributed by atoms with Crippen LogP contribution in [-0.2, 0) is 33.7 Å². The summed E-state index contributed by atoms with van der Waals surface area (Å²) in [5.74, 6) is -0.126. The van der Waals surface area contributed by atoms with Gasteiger partial charge in [-0.25, -0.2) is 0 Å². The minimum absolute atomic E-state index is 0. The maximum atomic E-state index is 11.0. The molecule has 0 aliphatic carbocycles. The second kappa shape index (κ2) is 7.88. The molecule has 2 nitrogen and oxygen atoms in total. The largest absolute Gasteiger partial charge is 0.348 e. The van der Waals surface area contributed by atoms with Crippen molar-refractivity contribution in [2.45, 2.75) is 6.54 Å². The Morgan fingerprint density at radius 2 is 2.00 bits per heavy atom. The van der Waals surface area contributed by atoms with Gasteiger partial charge in [-0.05, 0) is 11.0 Å². The van der Waals surface area contributed by atoms with Crippen molar-refractivity contribution in [1.29, 1.82) is 0 Å². The van der Waals surface area contributed by atoms with Crippen molar-refractivity contribution >= 4 is 18.5 Å². The Hall–Kier alpha value is -0.480. The van der Waals surface area contributed by atoms with Crippen molar-refractivity contribution in [2.75, 3.05) is 0 Å². The number of amides is 1. The molecule has 0 aliphatic rings. The van der Waals surface area contributed by atoms with Crippen molar-refractivity contribution < 1.29 is 27.2 Å². The zero-order chi connectivity index (χ0) is 9.52. The molecule has 1 radical (unpaired) electrons. The molecule has 0 bridgehead atoms. The van der Waals surface area contributed by atoms with Crippen LogP contribution in [0.5, 0.6) is 0 Å². The predicted molar refractivity (Wildman–Crippen MR) is 56.4 cm³/mol. The monoisotopic (exact) mass is 300 g/mol. The van der Waals surface area contributed by atoms with E-state index >= 15 is 0 Å². The van der Waals surface area contributed by atoms with Gasteiger partial charge >= 0.3 is 0 Å². The summed E-state index contributed by atoms with van der Waals surface area (Å²) in [5.41, 5.74) is 1.09. The van der Waals surface area contributed by atoms with Gasteiger partial charge in [0.1, 0.15) is 0 Å². The van der Waals surface area contributed by atoms with Crippen LogP contribution < -0.4 is 5.32 Å². The third-order valence-electron chi connectivity index (χ3n) is 1.54. The Morgan fingerprint density at radius 3 is 2.57 bits per heavy atom. The summed E-state index contributed by atoms with van der Waals surface area (Å²) in [6, 6.07) is 9.75. The first-order chi connectivity index (χ1) is 6.33. The molecule has 1 amide bonds. The molecule has 0 atom stereocenters. The summed E-state index contributed by atoms with van der Waals surface area (Å²) in [4.78, 5) is 11.0. The Morgan fingerprint density at radius 1 is 1.36 bits per heavy atom. The van der Waals surface area contributed by atoms with Gasteiger partial charge in [-0.1, -0.05) is 30.3 Å². The van der Waals surface area contributed by atoms with E-state index < -0.39 is 0 Å². The standard InChI is InChI=1S/C10H11NOS.Ag/c12-10(6-7-13)11-8-9-4-2-1-3-5-9;/h1-7,13H,8H2,(H,11,12);. The van der Waals surface area contributed by atoms with Crippen LogP contribution in [0.1, 0.15) is 5.56 Å². The molecule has 0 heterocycles. The zero-order valence-corrected chi connectivity index (χ0v) is 9.78. The van der Waals surface area contributed by atoms with Crippen molar-refractivity contribution in [3.05, 3.63) is 47.4 Å². The molecule has 1 aromatic rings.